The Labute approximate surface area is 127 Å². The predicted octanol–water partition coefficient (Wildman–Crippen LogP) is 4.39. The third-order valence-corrected chi connectivity index (χ3v) is 4.14. The highest BCUT2D eigenvalue weighted by molar-refractivity contribution is 7.16. The van der Waals surface area contributed by atoms with Gasteiger partial charge in [-0.1, -0.05) is 18.0 Å². The standard InChI is InChI=1S/C15H27ClN2S/c1-15(2,3)17-10-6-5-7-11-18(4)12-13-8-9-14(16)19-13/h8-9,17H,5-7,10-12H2,1-4H3. The Hall–Kier alpha value is -0.0900. The van der Waals surface area contributed by atoms with Crippen LogP contribution in [0.1, 0.15) is 44.9 Å². The molecule has 1 N–H and O–H groups in total. The summed E-state index contributed by atoms with van der Waals surface area (Å²) in [5.41, 5.74) is 0.245. The van der Waals surface area contributed by atoms with Crippen LogP contribution in [0.4, 0.5) is 0 Å². The first-order valence-electron chi connectivity index (χ1n) is 7.04. The van der Waals surface area contributed by atoms with E-state index in [1.807, 2.05) is 6.07 Å². The molecule has 0 aromatic carbocycles. The lowest BCUT2D eigenvalue weighted by Crippen LogP contribution is -2.36. The third-order valence-electron chi connectivity index (χ3n) is 2.93. The highest BCUT2D eigenvalue weighted by Crippen LogP contribution is 2.22. The molecule has 1 heterocycles. The van der Waals surface area contributed by atoms with Crippen LogP contribution in [0.25, 0.3) is 0 Å². The van der Waals surface area contributed by atoms with Crippen LogP contribution in [-0.2, 0) is 6.54 Å². The fourth-order valence-electron chi connectivity index (χ4n) is 1.93. The van der Waals surface area contributed by atoms with Crippen molar-refractivity contribution in [1.82, 2.24) is 10.2 Å². The van der Waals surface area contributed by atoms with E-state index < -0.39 is 0 Å². The predicted molar refractivity (Wildman–Crippen MR) is 87.3 cm³/mol. The summed E-state index contributed by atoms with van der Waals surface area (Å²) >= 11 is 7.62. The second-order valence-electron chi connectivity index (χ2n) is 6.18. The molecule has 0 fully saturated rings. The van der Waals surface area contributed by atoms with Gasteiger partial charge >= 0.3 is 0 Å². The molecule has 0 amide bonds. The molecule has 0 atom stereocenters. The van der Waals surface area contributed by atoms with Gasteiger partial charge in [-0.25, -0.2) is 0 Å². The first-order valence-corrected chi connectivity index (χ1v) is 8.24. The number of nitrogens with one attached hydrogen (secondary N) is 1. The maximum Gasteiger partial charge on any atom is 0.0931 e. The quantitative estimate of drug-likeness (QED) is 0.716. The first-order chi connectivity index (χ1) is 8.87. The monoisotopic (exact) mass is 302 g/mol. The molecule has 0 aliphatic rings. The smallest absolute Gasteiger partial charge is 0.0931 e. The molecule has 1 aromatic heterocycles. The zero-order chi connectivity index (χ0) is 14.3. The average Bonchev–Trinajstić information content (AvgIpc) is 2.67. The normalized spacial score (nSPS) is 12.3. The van der Waals surface area contributed by atoms with E-state index in [-0.39, 0.29) is 5.54 Å². The Kier molecular flexibility index (Phi) is 7.37. The summed E-state index contributed by atoms with van der Waals surface area (Å²) in [6.07, 6.45) is 3.82. The molecular formula is C15H27ClN2S. The second-order valence-corrected chi connectivity index (χ2v) is 7.98. The van der Waals surface area contributed by atoms with Crippen molar-refractivity contribution in [2.45, 2.75) is 52.1 Å². The van der Waals surface area contributed by atoms with E-state index in [2.05, 4.69) is 44.1 Å². The van der Waals surface area contributed by atoms with Crippen molar-refractivity contribution in [2.24, 2.45) is 0 Å². The van der Waals surface area contributed by atoms with E-state index >= 15 is 0 Å². The Morgan fingerprint density at radius 2 is 1.95 bits per heavy atom. The number of unbranched alkanes of at least 4 members (excludes halogenated alkanes) is 2. The average molecular weight is 303 g/mol. The summed E-state index contributed by atoms with van der Waals surface area (Å²) in [4.78, 5) is 3.72. The molecular weight excluding hydrogens is 276 g/mol. The summed E-state index contributed by atoms with van der Waals surface area (Å²) in [7, 11) is 2.18. The van der Waals surface area contributed by atoms with Crippen molar-refractivity contribution in [3.63, 3.8) is 0 Å². The Balaban J connectivity index is 2.03. The molecule has 0 bridgehead atoms. The molecule has 0 radical (unpaired) electrons. The van der Waals surface area contributed by atoms with Gasteiger partial charge < -0.3 is 10.2 Å². The van der Waals surface area contributed by atoms with Crippen molar-refractivity contribution in [3.8, 4) is 0 Å². The van der Waals surface area contributed by atoms with Gasteiger partial charge in [0.2, 0.25) is 0 Å². The van der Waals surface area contributed by atoms with Crippen LogP contribution in [0.15, 0.2) is 12.1 Å². The number of rotatable bonds is 8. The van der Waals surface area contributed by atoms with Gasteiger partial charge in [0.1, 0.15) is 0 Å². The summed E-state index contributed by atoms with van der Waals surface area (Å²) in [6.45, 7) is 9.93. The van der Waals surface area contributed by atoms with E-state index in [9.17, 15) is 0 Å². The summed E-state index contributed by atoms with van der Waals surface area (Å²) in [5, 5.41) is 3.53. The summed E-state index contributed by atoms with van der Waals surface area (Å²) in [6, 6.07) is 4.10. The molecule has 2 nitrogen and oxygen atoms in total. The zero-order valence-corrected chi connectivity index (χ0v) is 14.2. The van der Waals surface area contributed by atoms with Gasteiger partial charge in [0.05, 0.1) is 4.34 Å². The van der Waals surface area contributed by atoms with Crippen molar-refractivity contribution < 1.29 is 0 Å². The summed E-state index contributed by atoms with van der Waals surface area (Å²) < 4.78 is 0.886. The van der Waals surface area contributed by atoms with Gasteiger partial charge in [0.25, 0.3) is 0 Å². The van der Waals surface area contributed by atoms with Crippen LogP contribution >= 0.6 is 22.9 Å². The minimum Gasteiger partial charge on any atom is -0.312 e. The molecule has 1 aromatic rings. The van der Waals surface area contributed by atoms with Crippen LogP contribution in [0.5, 0.6) is 0 Å². The Bertz CT molecular complexity index is 357. The lowest BCUT2D eigenvalue weighted by molar-refractivity contribution is 0.317. The number of thiophene rings is 1. The van der Waals surface area contributed by atoms with Crippen molar-refractivity contribution in [3.05, 3.63) is 21.3 Å². The number of nitrogens with zero attached hydrogens (tertiary/aromatic N) is 1. The number of hydrogen-bond donors (Lipinski definition) is 1. The molecule has 0 saturated carbocycles. The van der Waals surface area contributed by atoms with Gasteiger partial charge in [-0.05, 0) is 65.9 Å². The lowest BCUT2D eigenvalue weighted by atomic mass is 10.1. The van der Waals surface area contributed by atoms with Crippen molar-refractivity contribution in [2.75, 3.05) is 20.1 Å². The lowest BCUT2D eigenvalue weighted by Gasteiger charge is -2.20. The third kappa shape index (κ3) is 8.64. The van der Waals surface area contributed by atoms with Gasteiger partial charge in [-0.2, -0.15) is 0 Å². The van der Waals surface area contributed by atoms with Gasteiger partial charge in [0.15, 0.2) is 0 Å². The van der Waals surface area contributed by atoms with Crippen molar-refractivity contribution >= 4 is 22.9 Å². The van der Waals surface area contributed by atoms with E-state index in [0.717, 1.165) is 24.0 Å². The highest BCUT2D eigenvalue weighted by atomic mass is 35.5. The van der Waals surface area contributed by atoms with Gasteiger partial charge in [0, 0.05) is 17.0 Å². The largest absolute Gasteiger partial charge is 0.312 e. The van der Waals surface area contributed by atoms with Gasteiger partial charge in [-0.3, -0.25) is 0 Å². The maximum absolute atomic E-state index is 5.94. The van der Waals surface area contributed by atoms with E-state index in [0.29, 0.717) is 0 Å². The Morgan fingerprint density at radius 3 is 2.53 bits per heavy atom. The fraction of sp³-hybridized carbons (Fsp3) is 0.733. The maximum atomic E-state index is 5.94. The minimum absolute atomic E-state index is 0.245. The molecule has 0 unspecified atom stereocenters. The van der Waals surface area contributed by atoms with Crippen LogP contribution in [0, 0.1) is 0 Å². The molecule has 110 valence electrons. The van der Waals surface area contributed by atoms with Crippen LogP contribution in [0.2, 0.25) is 4.34 Å². The van der Waals surface area contributed by atoms with E-state index in [1.165, 1.54) is 24.1 Å². The number of hydrogen-bond acceptors (Lipinski definition) is 3. The molecule has 0 aliphatic carbocycles. The molecule has 1 rings (SSSR count). The van der Waals surface area contributed by atoms with Crippen LogP contribution < -0.4 is 5.32 Å². The molecule has 0 spiro atoms. The van der Waals surface area contributed by atoms with E-state index in [4.69, 9.17) is 11.6 Å². The van der Waals surface area contributed by atoms with Gasteiger partial charge in [-0.15, -0.1) is 11.3 Å². The van der Waals surface area contributed by atoms with E-state index in [1.54, 1.807) is 11.3 Å². The first kappa shape index (κ1) is 17.0. The van der Waals surface area contributed by atoms with Crippen molar-refractivity contribution in [1.29, 1.82) is 0 Å². The van der Waals surface area contributed by atoms with Crippen LogP contribution in [0.3, 0.4) is 0 Å². The molecule has 4 heteroatoms. The zero-order valence-electron chi connectivity index (χ0n) is 12.6. The summed E-state index contributed by atoms with van der Waals surface area (Å²) in [5.74, 6) is 0. The SMILES string of the molecule is CN(CCCCCNC(C)(C)C)Cc1ccc(Cl)s1. The fourth-order valence-corrected chi connectivity index (χ4v) is 3.10. The minimum atomic E-state index is 0.245. The number of halogens is 1. The topological polar surface area (TPSA) is 15.3 Å². The molecule has 0 saturated heterocycles. The van der Waals surface area contributed by atoms with Crippen LogP contribution in [-0.4, -0.2) is 30.6 Å². The Morgan fingerprint density at radius 1 is 1.21 bits per heavy atom. The second kappa shape index (κ2) is 8.25. The molecule has 19 heavy (non-hydrogen) atoms. The highest BCUT2D eigenvalue weighted by Gasteiger charge is 2.07. The molecule has 0 aliphatic heterocycles.